The van der Waals surface area contributed by atoms with Crippen LogP contribution in [0.1, 0.15) is 27.7 Å². The number of piperazine rings is 1. The van der Waals surface area contributed by atoms with Crippen molar-refractivity contribution in [1.29, 1.82) is 0 Å². The summed E-state index contributed by atoms with van der Waals surface area (Å²) in [7, 11) is 2.18. The van der Waals surface area contributed by atoms with Crippen LogP contribution in [0.15, 0.2) is 48.5 Å². The fourth-order valence-corrected chi connectivity index (χ4v) is 6.80. The largest absolute Gasteiger partial charge is 0.484 e. The maximum atomic E-state index is 12.3. The molecule has 1 amide bonds. The number of hydrogen-bond acceptors (Lipinski definition) is 6. The van der Waals surface area contributed by atoms with Gasteiger partial charge in [0.25, 0.3) is 5.91 Å². The van der Waals surface area contributed by atoms with E-state index in [0.29, 0.717) is 11.1 Å². The zero-order valence-corrected chi connectivity index (χ0v) is 20.4. The molecule has 0 aromatic heterocycles. The SMILES string of the molecule is CN1CCN(Cc2cccc(CNC(=O)COc3ccc(C4SCCCS4)cc3)c2)CC1. The minimum atomic E-state index is -0.100. The molecule has 0 unspecified atom stereocenters. The van der Waals surface area contributed by atoms with E-state index in [9.17, 15) is 4.79 Å². The number of carbonyl (C=O) groups is 1. The molecule has 4 rings (SSSR count). The molecule has 7 heteroatoms. The highest BCUT2D eigenvalue weighted by Crippen LogP contribution is 2.43. The molecule has 2 aliphatic rings. The highest BCUT2D eigenvalue weighted by molar-refractivity contribution is 8.16. The number of benzene rings is 2. The van der Waals surface area contributed by atoms with E-state index in [1.165, 1.54) is 29.1 Å². The normalized spacial score (nSPS) is 18.4. The molecule has 2 aromatic carbocycles. The van der Waals surface area contributed by atoms with Crippen molar-refractivity contribution in [2.45, 2.75) is 24.1 Å². The molecule has 172 valence electrons. The molecule has 0 spiro atoms. The zero-order chi connectivity index (χ0) is 22.2. The van der Waals surface area contributed by atoms with E-state index in [-0.39, 0.29) is 12.5 Å². The molecule has 0 aliphatic carbocycles. The Morgan fingerprint density at radius 3 is 2.50 bits per heavy atom. The standard InChI is InChI=1S/C25H33N3O2S2/c1-27-10-12-28(13-11-27)18-21-5-2-4-20(16-21)17-26-24(29)19-30-23-8-6-22(7-9-23)25-31-14-3-15-32-25/h2,4-9,16,25H,3,10-15,17-19H2,1H3,(H,26,29). The van der Waals surface area contributed by atoms with Crippen LogP contribution in [0.3, 0.4) is 0 Å². The topological polar surface area (TPSA) is 44.8 Å². The summed E-state index contributed by atoms with van der Waals surface area (Å²) in [4.78, 5) is 17.1. The van der Waals surface area contributed by atoms with Gasteiger partial charge in [-0.3, -0.25) is 9.69 Å². The number of thioether (sulfide) groups is 2. The Hall–Kier alpha value is -1.67. The molecule has 0 atom stereocenters. The first kappa shape index (κ1) is 23.5. The molecule has 2 fully saturated rings. The van der Waals surface area contributed by atoms with Gasteiger partial charge in [0.1, 0.15) is 5.75 Å². The van der Waals surface area contributed by atoms with Crippen molar-refractivity contribution in [2.75, 3.05) is 51.3 Å². The highest BCUT2D eigenvalue weighted by Gasteiger charge is 2.16. The van der Waals surface area contributed by atoms with Crippen molar-refractivity contribution in [3.63, 3.8) is 0 Å². The average Bonchev–Trinajstić information content (AvgIpc) is 2.84. The molecular formula is C25H33N3O2S2. The lowest BCUT2D eigenvalue weighted by molar-refractivity contribution is -0.123. The van der Waals surface area contributed by atoms with Gasteiger partial charge < -0.3 is 15.0 Å². The van der Waals surface area contributed by atoms with Gasteiger partial charge in [0.15, 0.2) is 6.61 Å². The van der Waals surface area contributed by atoms with Crippen LogP contribution in [0.5, 0.6) is 5.75 Å². The Labute approximate surface area is 200 Å². The van der Waals surface area contributed by atoms with E-state index in [1.54, 1.807) is 0 Å². The molecule has 0 bridgehead atoms. The summed E-state index contributed by atoms with van der Waals surface area (Å²) in [5.74, 6) is 3.10. The fraction of sp³-hybridized carbons (Fsp3) is 0.480. The van der Waals surface area contributed by atoms with Gasteiger partial charge in [-0.25, -0.2) is 0 Å². The first-order chi connectivity index (χ1) is 15.7. The molecular weight excluding hydrogens is 438 g/mol. The van der Waals surface area contributed by atoms with Crippen LogP contribution in [-0.4, -0.2) is 67.0 Å². The predicted molar refractivity (Wildman–Crippen MR) is 135 cm³/mol. The molecule has 5 nitrogen and oxygen atoms in total. The number of amides is 1. The third-order valence-corrected chi connectivity index (χ3v) is 8.85. The van der Waals surface area contributed by atoms with Crippen LogP contribution in [0.4, 0.5) is 0 Å². The lowest BCUT2D eigenvalue weighted by Crippen LogP contribution is -2.43. The molecule has 0 saturated carbocycles. The van der Waals surface area contributed by atoms with Gasteiger partial charge in [-0.15, -0.1) is 23.5 Å². The van der Waals surface area contributed by atoms with Crippen molar-refractivity contribution in [2.24, 2.45) is 0 Å². The number of carbonyl (C=O) groups excluding carboxylic acids is 1. The van der Waals surface area contributed by atoms with Gasteiger partial charge in [0.2, 0.25) is 0 Å². The van der Waals surface area contributed by atoms with Gasteiger partial charge in [-0.1, -0.05) is 36.4 Å². The van der Waals surface area contributed by atoms with Crippen molar-refractivity contribution in [3.8, 4) is 5.75 Å². The molecule has 2 aromatic rings. The van der Waals surface area contributed by atoms with E-state index >= 15 is 0 Å². The number of nitrogens with one attached hydrogen (secondary N) is 1. The van der Waals surface area contributed by atoms with E-state index in [0.717, 1.165) is 44.0 Å². The van der Waals surface area contributed by atoms with E-state index in [2.05, 4.69) is 58.6 Å². The van der Waals surface area contributed by atoms with Gasteiger partial charge in [0, 0.05) is 39.3 Å². The molecule has 1 N–H and O–H groups in total. The van der Waals surface area contributed by atoms with Crippen molar-refractivity contribution >= 4 is 29.4 Å². The Bertz CT molecular complexity index is 864. The van der Waals surface area contributed by atoms with E-state index < -0.39 is 0 Å². The first-order valence-electron chi connectivity index (χ1n) is 11.4. The van der Waals surface area contributed by atoms with Crippen molar-refractivity contribution in [1.82, 2.24) is 15.1 Å². The molecule has 2 heterocycles. The number of hydrogen-bond donors (Lipinski definition) is 1. The summed E-state index contributed by atoms with van der Waals surface area (Å²) in [6.45, 7) is 5.98. The summed E-state index contributed by atoms with van der Waals surface area (Å²) < 4.78 is 6.22. The van der Waals surface area contributed by atoms with Crippen molar-refractivity contribution in [3.05, 3.63) is 65.2 Å². The second-order valence-electron chi connectivity index (χ2n) is 8.46. The van der Waals surface area contributed by atoms with Crippen LogP contribution in [0.25, 0.3) is 0 Å². The Kier molecular flexibility index (Phi) is 8.79. The lowest BCUT2D eigenvalue weighted by atomic mass is 10.1. The van der Waals surface area contributed by atoms with Crippen molar-refractivity contribution < 1.29 is 9.53 Å². The van der Waals surface area contributed by atoms with E-state index in [1.807, 2.05) is 35.7 Å². The van der Waals surface area contributed by atoms with Crippen LogP contribution in [0, 0.1) is 0 Å². The first-order valence-corrected chi connectivity index (χ1v) is 13.5. The minimum absolute atomic E-state index is 0.0350. The highest BCUT2D eigenvalue weighted by atomic mass is 32.2. The second-order valence-corrected chi connectivity index (χ2v) is 11.2. The summed E-state index contributed by atoms with van der Waals surface area (Å²) in [6, 6.07) is 16.7. The Balaban J connectivity index is 1.19. The Morgan fingerprint density at radius 2 is 1.75 bits per heavy atom. The minimum Gasteiger partial charge on any atom is -0.484 e. The molecule has 2 saturated heterocycles. The molecule has 2 aliphatic heterocycles. The predicted octanol–water partition coefficient (Wildman–Crippen LogP) is 4.00. The van der Waals surface area contributed by atoms with Crippen LogP contribution in [-0.2, 0) is 17.9 Å². The van der Waals surface area contributed by atoms with Crippen LogP contribution >= 0.6 is 23.5 Å². The zero-order valence-electron chi connectivity index (χ0n) is 18.8. The smallest absolute Gasteiger partial charge is 0.258 e. The lowest BCUT2D eigenvalue weighted by Gasteiger charge is -2.32. The van der Waals surface area contributed by atoms with E-state index in [4.69, 9.17) is 4.74 Å². The second kappa shape index (κ2) is 12.0. The monoisotopic (exact) mass is 471 g/mol. The average molecular weight is 472 g/mol. The van der Waals surface area contributed by atoms with Crippen LogP contribution in [0.2, 0.25) is 0 Å². The van der Waals surface area contributed by atoms with Gasteiger partial charge in [-0.2, -0.15) is 0 Å². The summed E-state index contributed by atoms with van der Waals surface area (Å²) in [5, 5.41) is 2.98. The van der Waals surface area contributed by atoms with Gasteiger partial charge in [0.05, 0.1) is 4.58 Å². The molecule has 32 heavy (non-hydrogen) atoms. The summed E-state index contributed by atoms with van der Waals surface area (Å²) >= 11 is 4.02. The third kappa shape index (κ3) is 7.17. The van der Waals surface area contributed by atoms with Gasteiger partial charge >= 0.3 is 0 Å². The maximum Gasteiger partial charge on any atom is 0.258 e. The maximum absolute atomic E-state index is 12.3. The molecule has 0 radical (unpaired) electrons. The number of ether oxygens (including phenoxy) is 1. The fourth-order valence-electron chi connectivity index (χ4n) is 3.90. The van der Waals surface area contributed by atoms with Gasteiger partial charge in [-0.05, 0) is 53.8 Å². The van der Waals surface area contributed by atoms with Crippen LogP contribution < -0.4 is 10.1 Å². The number of nitrogens with zero attached hydrogens (tertiary/aromatic N) is 2. The third-order valence-electron chi connectivity index (χ3n) is 5.83. The Morgan fingerprint density at radius 1 is 1.03 bits per heavy atom. The number of rotatable bonds is 8. The summed E-state index contributed by atoms with van der Waals surface area (Å²) in [6.07, 6.45) is 1.29. The number of likely N-dealkylation sites (N-methyl/N-ethyl adjacent to an activating group) is 1. The quantitative estimate of drug-likeness (QED) is 0.628. The summed E-state index contributed by atoms with van der Waals surface area (Å²) in [5.41, 5.74) is 3.75.